The van der Waals surface area contributed by atoms with Crippen molar-refractivity contribution in [3.63, 3.8) is 0 Å². The van der Waals surface area contributed by atoms with Crippen molar-refractivity contribution in [3.8, 4) is 6.07 Å². The number of nitrogens with zero attached hydrogens (tertiary/aromatic N) is 1. The third-order valence-corrected chi connectivity index (χ3v) is 2.48. The molecule has 1 rings (SSSR count). The molecular formula is C10H10N2O3S. The first kappa shape index (κ1) is 12.2. The fourth-order valence-electron chi connectivity index (χ4n) is 1.02. The first-order chi connectivity index (χ1) is 7.69. The molecule has 5 nitrogen and oxygen atoms in total. The molecule has 0 fully saturated rings. The van der Waals surface area contributed by atoms with E-state index in [1.165, 1.54) is 11.3 Å². The van der Waals surface area contributed by atoms with Gasteiger partial charge in [-0.1, -0.05) is 0 Å². The highest BCUT2D eigenvalue weighted by Gasteiger charge is 2.15. The number of nitriles is 1. The number of hydrogen-bond acceptors (Lipinski definition) is 5. The van der Waals surface area contributed by atoms with Gasteiger partial charge in [-0.25, -0.2) is 4.79 Å². The zero-order chi connectivity index (χ0) is 12.0. The minimum Gasteiger partial charge on any atom is -0.462 e. The highest BCUT2D eigenvalue weighted by molar-refractivity contribution is 7.14. The monoisotopic (exact) mass is 238 g/mol. The molecule has 1 aromatic rings. The van der Waals surface area contributed by atoms with E-state index in [4.69, 9.17) is 10.00 Å². The van der Waals surface area contributed by atoms with Crippen molar-refractivity contribution >= 4 is 28.2 Å². The number of ether oxygens (including phenoxy) is 1. The average molecular weight is 238 g/mol. The lowest BCUT2D eigenvalue weighted by molar-refractivity contribution is -0.115. The summed E-state index contributed by atoms with van der Waals surface area (Å²) < 4.78 is 4.82. The van der Waals surface area contributed by atoms with E-state index < -0.39 is 11.9 Å². The van der Waals surface area contributed by atoms with Crippen LogP contribution in [0.2, 0.25) is 0 Å². The smallest absolute Gasteiger partial charge is 0.341 e. The molecule has 0 saturated carbocycles. The molecule has 16 heavy (non-hydrogen) atoms. The molecule has 6 heteroatoms. The Morgan fingerprint density at radius 1 is 1.62 bits per heavy atom. The van der Waals surface area contributed by atoms with Gasteiger partial charge in [-0.15, -0.1) is 11.3 Å². The Labute approximate surface area is 96.6 Å². The predicted molar refractivity (Wildman–Crippen MR) is 59.1 cm³/mol. The van der Waals surface area contributed by atoms with Crippen LogP contribution in [0.3, 0.4) is 0 Å². The van der Waals surface area contributed by atoms with Gasteiger partial charge >= 0.3 is 5.97 Å². The van der Waals surface area contributed by atoms with Gasteiger partial charge in [0.15, 0.2) is 0 Å². The van der Waals surface area contributed by atoms with Crippen molar-refractivity contribution in [3.05, 3.63) is 17.0 Å². The van der Waals surface area contributed by atoms with Crippen LogP contribution in [-0.4, -0.2) is 18.5 Å². The Kier molecular flexibility index (Phi) is 4.48. The van der Waals surface area contributed by atoms with E-state index in [-0.39, 0.29) is 13.0 Å². The van der Waals surface area contributed by atoms with Crippen LogP contribution in [0.5, 0.6) is 0 Å². The summed E-state index contributed by atoms with van der Waals surface area (Å²) in [5, 5.41) is 12.9. The van der Waals surface area contributed by atoms with Crippen molar-refractivity contribution in [2.24, 2.45) is 0 Å². The van der Waals surface area contributed by atoms with Gasteiger partial charge in [0.05, 0.1) is 18.2 Å². The second-order valence-electron chi connectivity index (χ2n) is 2.77. The fourth-order valence-corrected chi connectivity index (χ4v) is 1.81. The topological polar surface area (TPSA) is 79.2 Å². The predicted octanol–water partition coefficient (Wildman–Crippen LogP) is 1.78. The molecule has 0 aliphatic carbocycles. The summed E-state index contributed by atoms with van der Waals surface area (Å²) in [6.07, 6.45) is -0.236. The summed E-state index contributed by atoms with van der Waals surface area (Å²) in [5.41, 5.74) is 0.318. The maximum Gasteiger partial charge on any atom is 0.341 e. The van der Waals surface area contributed by atoms with E-state index in [0.717, 1.165) is 0 Å². The van der Waals surface area contributed by atoms with Gasteiger partial charge in [0.1, 0.15) is 11.4 Å². The molecule has 0 aliphatic heterocycles. The van der Waals surface area contributed by atoms with Gasteiger partial charge in [-0.05, 0) is 18.4 Å². The number of anilines is 1. The number of rotatable bonds is 4. The normalized spacial score (nSPS) is 9.25. The Morgan fingerprint density at radius 2 is 2.38 bits per heavy atom. The summed E-state index contributed by atoms with van der Waals surface area (Å²) in [6, 6.07) is 3.30. The highest BCUT2D eigenvalue weighted by Crippen LogP contribution is 2.24. The third kappa shape index (κ3) is 3.07. The van der Waals surface area contributed by atoms with Crippen LogP contribution >= 0.6 is 11.3 Å². The molecule has 84 valence electrons. The number of amides is 1. The Hall–Kier alpha value is -1.87. The van der Waals surface area contributed by atoms with Crippen molar-refractivity contribution in [1.29, 1.82) is 5.26 Å². The first-order valence-corrected chi connectivity index (χ1v) is 5.48. The van der Waals surface area contributed by atoms with Crippen LogP contribution in [0, 0.1) is 11.3 Å². The van der Waals surface area contributed by atoms with E-state index in [1.54, 1.807) is 24.4 Å². The molecule has 0 spiro atoms. The molecule has 0 radical (unpaired) electrons. The van der Waals surface area contributed by atoms with E-state index in [0.29, 0.717) is 10.6 Å². The van der Waals surface area contributed by atoms with Gasteiger partial charge in [0, 0.05) is 0 Å². The van der Waals surface area contributed by atoms with Gasteiger partial charge in [-0.2, -0.15) is 5.26 Å². The number of nitrogens with one attached hydrogen (secondary N) is 1. The van der Waals surface area contributed by atoms with Crippen LogP contribution in [0.25, 0.3) is 0 Å². The lowest BCUT2D eigenvalue weighted by Crippen LogP contribution is -2.13. The lowest BCUT2D eigenvalue weighted by atomic mass is 10.3. The summed E-state index contributed by atoms with van der Waals surface area (Å²) in [7, 11) is 0. The molecule has 0 saturated heterocycles. The standard InChI is InChI=1S/C10H10N2O3S/c1-2-15-10(14)7-4-6-16-9(7)12-8(13)3-5-11/h4,6H,2-3H2,1H3,(H,12,13). The van der Waals surface area contributed by atoms with E-state index in [9.17, 15) is 9.59 Å². The van der Waals surface area contributed by atoms with Crippen LogP contribution in [-0.2, 0) is 9.53 Å². The van der Waals surface area contributed by atoms with Gasteiger partial charge in [0.2, 0.25) is 5.91 Å². The van der Waals surface area contributed by atoms with Crippen molar-refractivity contribution in [2.75, 3.05) is 11.9 Å². The van der Waals surface area contributed by atoms with Gasteiger partial charge in [0.25, 0.3) is 0 Å². The average Bonchev–Trinajstić information content (AvgIpc) is 2.66. The number of carbonyl (C=O) groups is 2. The van der Waals surface area contributed by atoms with E-state index in [1.807, 2.05) is 0 Å². The number of esters is 1. The largest absolute Gasteiger partial charge is 0.462 e. The SMILES string of the molecule is CCOC(=O)c1ccsc1NC(=O)CC#N. The van der Waals surface area contributed by atoms with Crippen LogP contribution < -0.4 is 5.32 Å². The maximum atomic E-state index is 11.4. The second kappa shape index (κ2) is 5.88. The highest BCUT2D eigenvalue weighted by atomic mass is 32.1. The Morgan fingerprint density at radius 3 is 3.00 bits per heavy atom. The molecule has 0 atom stereocenters. The molecule has 0 aliphatic rings. The molecule has 1 heterocycles. The number of carbonyl (C=O) groups excluding carboxylic acids is 2. The Balaban J connectivity index is 2.75. The van der Waals surface area contributed by atoms with E-state index in [2.05, 4.69) is 5.32 Å². The summed E-state index contributed by atoms with van der Waals surface area (Å²) in [5.74, 6) is -0.911. The molecule has 0 aromatic carbocycles. The molecule has 0 bridgehead atoms. The third-order valence-electron chi connectivity index (χ3n) is 1.65. The first-order valence-electron chi connectivity index (χ1n) is 4.60. The van der Waals surface area contributed by atoms with Crippen LogP contribution in [0.4, 0.5) is 5.00 Å². The van der Waals surface area contributed by atoms with Crippen molar-refractivity contribution < 1.29 is 14.3 Å². The fraction of sp³-hybridized carbons (Fsp3) is 0.300. The maximum absolute atomic E-state index is 11.4. The summed E-state index contributed by atoms with van der Waals surface area (Å²) >= 11 is 1.22. The molecule has 0 unspecified atom stereocenters. The molecule has 1 N–H and O–H groups in total. The zero-order valence-corrected chi connectivity index (χ0v) is 9.47. The molecule has 1 amide bonds. The van der Waals surface area contributed by atoms with E-state index >= 15 is 0 Å². The lowest BCUT2D eigenvalue weighted by Gasteiger charge is -2.03. The van der Waals surface area contributed by atoms with Crippen LogP contribution in [0.1, 0.15) is 23.7 Å². The van der Waals surface area contributed by atoms with Gasteiger partial charge < -0.3 is 10.1 Å². The quantitative estimate of drug-likeness (QED) is 0.811. The Bertz CT molecular complexity index is 434. The number of thiophene rings is 1. The summed E-state index contributed by atoms with van der Waals surface area (Å²) in [6.45, 7) is 1.98. The van der Waals surface area contributed by atoms with Crippen molar-refractivity contribution in [2.45, 2.75) is 13.3 Å². The minimum atomic E-state index is -0.476. The van der Waals surface area contributed by atoms with Gasteiger partial charge in [-0.3, -0.25) is 4.79 Å². The zero-order valence-electron chi connectivity index (χ0n) is 8.65. The van der Waals surface area contributed by atoms with Crippen molar-refractivity contribution in [1.82, 2.24) is 0 Å². The summed E-state index contributed by atoms with van der Waals surface area (Å²) in [4.78, 5) is 22.6. The van der Waals surface area contributed by atoms with Crippen LogP contribution in [0.15, 0.2) is 11.4 Å². The second-order valence-corrected chi connectivity index (χ2v) is 3.68. The molecule has 1 aromatic heterocycles. The molecular weight excluding hydrogens is 228 g/mol. The number of hydrogen-bond donors (Lipinski definition) is 1. The minimum absolute atomic E-state index is 0.236.